The van der Waals surface area contributed by atoms with Crippen molar-refractivity contribution in [2.24, 2.45) is 5.10 Å². The number of likely N-dealkylation sites (N-methyl/N-ethyl adjacent to an activating group) is 1. The van der Waals surface area contributed by atoms with E-state index >= 15 is 0 Å². The number of carbonyl (C=O) groups is 2. The normalized spacial score (nSPS) is 11.0. The molecule has 0 N–H and O–H groups in total. The minimum atomic E-state index is -0.352. The third-order valence-corrected chi connectivity index (χ3v) is 1.49. The molecule has 0 fully saturated rings. The van der Waals surface area contributed by atoms with E-state index in [4.69, 9.17) is 4.74 Å². The summed E-state index contributed by atoms with van der Waals surface area (Å²) in [7, 11) is 1.61. The smallest absolute Gasteiger partial charge is 0.327 e. The van der Waals surface area contributed by atoms with Gasteiger partial charge in [-0.25, -0.2) is 0 Å². The van der Waals surface area contributed by atoms with Gasteiger partial charge in [0.05, 0.1) is 12.3 Å². The molecule has 5 heteroatoms. The first kappa shape index (κ1) is 12.6. The third-order valence-electron chi connectivity index (χ3n) is 1.49. The molecule has 0 atom stereocenters. The molecule has 0 radical (unpaired) electrons. The number of hydrazone groups is 1. The lowest BCUT2D eigenvalue weighted by molar-refractivity contribution is -0.144. The van der Waals surface area contributed by atoms with Crippen molar-refractivity contribution in [3.05, 3.63) is 0 Å². The molecule has 0 saturated heterocycles. The molecule has 0 aromatic heterocycles. The van der Waals surface area contributed by atoms with Crippen LogP contribution in [0.3, 0.4) is 0 Å². The van der Waals surface area contributed by atoms with E-state index in [-0.39, 0.29) is 18.3 Å². The third kappa shape index (κ3) is 5.29. The molecule has 0 aliphatic heterocycles. The van der Waals surface area contributed by atoms with Gasteiger partial charge in [0.25, 0.3) is 0 Å². The van der Waals surface area contributed by atoms with E-state index in [1.807, 2.05) is 0 Å². The average molecular weight is 200 g/mol. The molecule has 0 aliphatic carbocycles. The van der Waals surface area contributed by atoms with Crippen LogP contribution < -0.4 is 0 Å². The zero-order valence-corrected chi connectivity index (χ0v) is 9.03. The summed E-state index contributed by atoms with van der Waals surface area (Å²) in [5.74, 6) is -0.462. The predicted octanol–water partition coefficient (Wildman–Crippen LogP) is 0.446. The molecule has 0 aliphatic rings. The van der Waals surface area contributed by atoms with Gasteiger partial charge in [0.1, 0.15) is 6.54 Å². The van der Waals surface area contributed by atoms with E-state index in [0.717, 1.165) is 0 Å². The Morgan fingerprint density at radius 2 is 1.93 bits per heavy atom. The molecule has 14 heavy (non-hydrogen) atoms. The fourth-order valence-electron chi connectivity index (χ4n) is 0.755. The first-order valence-electron chi connectivity index (χ1n) is 4.40. The van der Waals surface area contributed by atoms with E-state index in [9.17, 15) is 9.59 Å². The molecule has 0 aromatic rings. The number of nitrogens with zero attached hydrogens (tertiary/aromatic N) is 2. The Morgan fingerprint density at radius 1 is 1.36 bits per heavy atom. The number of rotatable bonds is 5. The Morgan fingerprint density at radius 3 is 2.36 bits per heavy atom. The maximum atomic E-state index is 11.0. The molecule has 0 unspecified atom stereocenters. The van der Waals surface area contributed by atoms with Crippen molar-refractivity contribution in [3.63, 3.8) is 0 Å². The monoisotopic (exact) mass is 200 g/mol. The maximum absolute atomic E-state index is 11.0. The minimum Gasteiger partial charge on any atom is -0.465 e. The summed E-state index contributed by atoms with van der Waals surface area (Å²) >= 11 is 0. The van der Waals surface area contributed by atoms with Crippen LogP contribution in [0.2, 0.25) is 0 Å². The quantitative estimate of drug-likeness (QED) is 0.367. The molecular weight excluding hydrogens is 184 g/mol. The highest BCUT2D eigenvalue weighted by Crippen LogP contribution is 1.89. The van der Waals surface area contributed by atoms with Crippen molar-refractivity contribution >= 4 is 17.5 Å². The van der Waals surface area contributed by atoms with Gasteiger partial charge in [0.2, 0.25) is 0 Å². The second-order valence-electron chi connectivity index (χ2n) is 2.86. The standard InChI is InChI=1S/C9H16N2O3/c1-5-14-9(13)6-11(4)10-7(2)8(3)12/h5-6H2,1-4H3. The molecule has 0 spiro atoms. The Labute approximate surface area is 83.7 Å². The van der Waals surface area contributed by atoms with Crippen LogP contribution in [0.25, 0.3) is 0 Å². The summed E-state index contributed by atoms with van der Waals surface area (Å²) in [5.41, 5.74) is 0.372. The van der Waals surface area contributed by atoms with Gasteiger partial charge in [0, 0.05) is 14.0 Å². The van der Waals surface area contributed by atoms with Crippen LogP contribution in [-0.2, 0) is 14.3 Å². The van der Waals surface area contributed by atoms with Crippen molar-refractivity contribution in [1.82, 2.24) is 5.01 Å². The highest BCUT2D eigenvalue weighted by atomic mass is 16.5. The van der Waals surface area contributed by atoms with Crippen LogP contribution in [0.4, 0.5) is 0 Å². The fourth-order valence-corrected chi connectivity index (χ4v) is 0.755. The summed E-state index contributed by atoms with van der Waals surface area (Å²) in [4.78, 5) is 21.8. The number of ether oxygens (including phenoxy) is 1. The lowest BCUT2D eigenvalue weighted by Gasteiger charge is -2.12. The number of carbonyl (C=O) groups excluding carboxylic acids is 2. The number of hydrogen-bond acceptors (Lipinski definition) is 5. The van der Waals surface area contributed by atoms with Crippen LogP contribution in [0.5, 0.6) is 0 Å². The van der Waals surface area contributed by atoms with Crippen LogP contribution in [0.1, 0.15) is 20.8 Å². The van der Waals surface area contributed by atoms with Crippen LogP contribution in [-0.4, -0.2) is 42.7 Å². The maximum Gasteiger partial charge on any atom is 0.327 e. The van der Waals surface area contributed by atoms with E-state index in [0.29, 0.717) is 12.3 Å². The Kier molecular flexibility index (Phi) is 5.52. The number of esters is 1. The summed E-state index contributed by atoms with van der Waals surface area (Å²) < 4.78 is 4.72. The second kappa shape index (κ2) is 6.12. The van der Waals surface area contributed by atoms with Crippen molar-refractivity contribution in [3.8, 4) is 0 Å². The summed E-state index contributed by atoms with van der Waals surface area (Å²) in [6.07, 6.45) is 0. The molecule has 5 nitrogen and oxygen atoms in total. The zero-order valence-electron chi connectivity index (χ0n) is 9.03. The van der Waals surface area contributed by atoms with Crippen molar-refractivity contribution in [1.29, 1.82) is 0 Å². The Balaban J connectivity index is 4.09. The van der Waals surface area contributed by atoms with E-state index in [2.05, 4.69) is 5.10 Å². The molecule has 0 bridgehead atoms. The number of Topliss-reactive ketones (excluding diaryl/α,β-unsaturated/α-hetero) is 1. The Hall–Kier alpha value is -1.39. The predicted molar refractivity (Wildman–Crippen MR) is 53.1 cm³/mol. The summed E-state index contributed by atoms with van der Waals surface area (Å²) in [5, 5.41) is 5.28. The first-order valence-corrected chi connectivity index (χ1v) is 4.40. The van der Waals surface area contributed by atoms with Gasteiger partial charge in [-0.1, -0.05) is 0 Å². The topological polar surface area (TPSA) is 59.0 Å². The minimum absolute atomic E-state index is 0.0540. The van der Waals surface area contributed by atoms with Gasteiger partial charge in [-0.2, -0.15) is 5.10 Å². The largest absolute Gasteiger partial charge is 0.465 e. The number of hydrogen-bond donors (Lipinski definition) is 0. The van der Waals surface area contributed by atoms with Crippen LogP contribution in [0, 0.1) is 0 Å². The lowest BCUT2D eigenvalue weighted by Crippen LogP contribution is -2.25. The number of ketones is 1. The SMILES string of the molecule is CCOC(=O)CN(C)N=C(C)C(C)=O. The fraction of sp³-hybridized carbons (Fsp3) is 0.667. The van der Waals surface area contributed by atoms with E-state index in [1.165, 1.54) is 11.9 Å². The highest BCUT2D eigenvalue weighted by molar-refractivity contribution is 6.37. The molecule has 0 rings (SSSR count). The van der Waals surface area contributed by atoms with Crippen LogP contribution >= 0.6 is 0 Å². The van der Waals surface area contributed by atoms with Crippen molar-refractivity contribution < 1.29 is 14.3 Å². The molecule has 0 amide bonds. The zero-order chi connectivity index (χ0) is 11.1. The van der Waals surface area contributed by atoms with Gasteiger partial charge in [-0.3, -0.25) is 14.6 Å². The van der Waals surface area contributed by atoms with Crippen LogP contribution in [0.15, 0.2) is 5.10 Å². The highest BCUT2D eigenvalue weighted by Gasteiger charge is 2.06. The molecule has 0 heterocycles. The second-order valence-corrected chi connectivity index (χ2v) is 2.86. The van der Waals surface area contributed by atoms with Gasteiger partial charge in [-0.05, 0) is 13.8 Å². The van der Waals surface area contributed by atoms with Crippen molar-refractivity contribution in [2.75, 3.05) is 20.2 Å². The van der Waals surface area contributed by atoms with Crippen molar-refractivity contribution in [2.45, 2.75) is 20.8 Å². The lowest BCUT2D eigenvalue weighted by atomic mass is 10.3. The van der Waals surface area contributed by atoms with Gasteiger partial charge < -0.3 is 4.74 Å². The molecular formula is C9H16N2O3. The molecule has 0 saturated carbocycles. The first-order chi connectivity index (χ1) is 6.47. The van der Waals surface area contributed by atoms with Gasteiger partial charge in [-0.15, -0.1) is 0 Å². The summed E-state index contributed by atoms with van der Waals surface area (Å²) in [6, 6.07) is 0. The molecule has 0 aromatic carbocycles. The van der Waals surface area contributed by atoms with Gasteiger partial charge in [0.15, 0.2) is 5.78 Å². The molecule has 80 valence electrons. The summed E-state index contributed by atoms with van der Waals surface area (Å²) in [6.45, 7) is 5.17. The Bertz CT molecular complexity index is 248. The average Bonchev–Trinajstić information content (AvgIpc) is 2.03. The van der Waals surface area contributed by atoms with Gasteiger partial charge >= 0.3 is 5.97 Å². The van der Waals surface area contributed by atoms with E-state index in [1.54, 1.807) is 20.9 Å². The van der Waals surface area contributed by atoms with E-state index < -0.39 is 0 Å².